The smallest absolute Gasteiger partial charge is 0.129 e. The van der Waals surface area contributed by atoms with Crippen LogP contribution in [0.25, 0.3) is 11.3 Å². The van der Waals surface area contributed by atoms with Crippen molar-refractivity contribution in [3.05, 3.63) is 42.0 Å². The molecule has 0 fully saturated rings. The lowest BCUT2D eigenvalue weighted by Gasteiger charge is -2.07. The lowest BCUT2D eigenvalue weighted by molar-refractivity contribution is 0.619. The number of halogens is 1. The van der Waals surface area contributed by atoms with E-state index in [2.05, 4.69) is 15.3 Å². The second kappa shape index (κ2) is 4.91. The van der Waals surface area contributed by atoms with Crippen LogP contribution in [0.1, 0.15) is 12.5 Å². The van der Waals surface area contributed by atoms with Crippen molar-refractivity contribution in [2.75, 3.05) is 11.9 Å². The average molecular weight is 231 g/mol. The summed E-state index contributed by atoms with van der Waals surface area (Å²) in [6, 6.07) is 6.82. The highest BCUT2D eigenvalue weighted by molar-refractivity contribution is 5.65. The summed E-state index contributed by atoms with van der Waals surface area (Å²) in [6.07, 6.45) is 1.48. The van der Waals surface area contributed by atoms with E-state index >= 15 is 0 Å². The molecule has 0 atom stereocenters. The van der Waals surface area contributed by atoms with Crippen molar-refractivity contribution >= 4 is 5.82 Å². The van der Waals surface area contributed by atoms with Crippen LogP contribution in [0.2, 0.25) is 0 Å². The third kappa shape index (κ3) is 2.41. The lowest BCUT2D eigenvalue weighted by Crippen LogP contribution is -2.00. The number of nitrogens with zero attached hydrogens (tertiary/aromatic N) is 2. The van der Waals surface area contributed by atoms with Crippen LogP contribution in [-0.4, -0.2) is 16.5 Å². The summed E-state index contributed by atoms with van der Waals surface area (Å²) >= 11 is 0. The Kier molecular flexibility index (Phi) is 3.32. The van der Waals surface area contributed by atoms with Gasteiger partial charge in [-0.25, -0.2) is 14.4 Å². The normalized spacial score (nSPS) is 10.3. The zero-order chi connectivity index (χ0) is 12.3. The molecule has 0 amide bonds. The molecule has 4 heteroatoms. The van der Waals surface area contributed by atoms with E-state index in [1.807, 2.05) is 19.1 Å². The number of hydrogen-bond acceptors (Lipinski definition) is 3. The van der Waals surface area contributed by atoms with E-state index in [0.717, 1.165) is 23.6 Å². The van der Waals surface area contributed by atoms with Crippen molar-refractivity contribution in [2.24, 2.45) is 0 Å². The topological polar surface area (TPSA) is 37.8 Å². The maximum atomic E-state index is 13.5. The SMILES string of the molecule is CCNc1cc(-c2cccc(F)c2C)ncn1. The summed E-state index contributed by atoms with van der Waals surface area (Å²) in [6.45, 7) is 4.54. The molecule has 0 radical (unpaired) electrons. The minimum Gasteiger partial charge on any atom is -0.370 e. The van der Waals surface area contributed by atoms with E-state index < -0.39 is 0 Å². The summed E-state index contributed by atoms with van der Waals surface area (Å²) in [5.41, 5.74) is 2.13. The fraction of sp³-hybridized carbons (Fsp3) is 0.231. The van der Waals surface area contributed by atoms with E-state index in [-0.39, 0.29) is 5.82 Å². The summed E-state index contributed by atoms with van der Waals surface area (Å²) in [7, 11) is 0. The van der Waals surface area contributed by atoms with Crippen LogP contribution in [0.4, 0.5) is 10.2 Å². The maximum absolute atomic E-state index is 13.5. The van der Waals surface area contributed by atoms with E-state index in [1.165, 1.54) is 12.4 Å². The van der Waals surface area contributed by atoms with Gasteiger partial charge in [-0.05, 0) is 25.5 Å². The Balaban J connectivity index is 2.45. The predicted molar refractivity (Wildman–Crippen MR) is 66.3 cm³/mol. The second-order valence-corrected chi connectivity index (χ2v) is 3.73. The molecule has 2 rings (SSSR count). The van der Waals surface area contributed by atoms with Gasteiger partial charge in [0.05, 0.1) is 5.69 Å². The largest absolute Gasteiger partial charge is 0.370 e. The van der Waals surface area contributed by atoms with Gasteiger partial charge in [0.15, 0.2) is 0 Å². The van der Waals surface area contributed by atoms with Gasteiger partial charge in [-0.1, -0.05) is 12.1 Å². The predicted octanol–water partition coefficient (Wildman–Crippen LogP) is 3.02. The molecule has 88 valence electrons. The van der Waals surface area contributed by atoms with E-state index in [9.17, 15) is 4.39 Å². The molecule has 1 aromatic heterocycles. The molecule has 0 bridgehead atoms. The van der Waals surface area contributed by atoms with Crippen molar-refractivity contribution in [3.63, 3.8) is 0 Å². The molecule has 3 nitrogen and oxygen atoms in total. The highest BCUT2D eigenvalue weighted by Crippen LogP contribution is 2.24. The molecule has 0 saturated carbocycles. The van der Waals surface area contributed by atoms with Gasteiger partial charge in [0, 0.05) is 18.2 Å². The minimum absolute atomic E-state index is 0.217. The molecule has 1 N–H and O–H groups in total. The average Bonchev–Trinajstić information content (AvgIpc) is 2.33. The van der Waals surface area contributed by atoms with Crippen molar-refractivity contribution in [1.29, 1.82) is 0 Å². The van der Waals surface area contributed by atoms with Gasteiger partial charge in [-0.2, -0.15) is 0 Å². The summed E-state index contributed by atoms with van der Waals surface area (Å²) in [5, 5.41) is 3.11. The van der Waals surface area contributed by atoms with Crippen molar-refractivity contribution in [1.82, 2.24) is 9.97 Å². The molecular weight excluding hydrogens is 217 g/mol. The molecule has 2 aromatic rings. The Bertz CT molecular complexity index is 526. The molecule has 0 aliphatic carbocycles. The Morgan fingerprint density at radius 2 is 2.12 bits per heavy atom. The summed E-state index contributed by atoms with van der Waals surface area (Å²) < 4.78 is 13.5. The molecule has 0 aliphatic heterocycles. The molecule has 0 aliphatic rings. The first-order chi connectivity index (χ1) is 8.22. The van der Waals surface area contributed by atoms with Crippen LogP contribution >= 0.6 is 0 Å². The highest BCUT2D eigenvalue weighted by Gasteiger charge is 2.07. The zero-order valence-corrected chi connectivity index (χ0v) is 9.87. The first-order valence-corrected chi connectivity index (χ1v) is 5.53. The van der Waals surface area contributed by atoms with Crippen LogP contribution in [0.3, 0.4) is 0 Å². The van der Waals surface area contributed by atoms with Crippen LogP contribution in [0.5, 0.6) is 0 Å². The molecule has 0 unspecified atom stereocenters. The number of hydrogen-bond donors (Lipinski definition) is 1. The first kappa shape index (κ1) is 11.5. The molecule has 17 heavy (non-hydrogen) atoms. The Morgan fingerprint density at radius 1 is 1.29 bits per heavy atom. The molecular formula is C13H14FN3. The number of benzene rings is 1. The maximum Gasteiger partial charge on any atom is 0.129 e. The van der Waals surface area contributed by atoms with Crippen LogP contribution in [0.15, 0.2) is 30.6 Å². The lowest BCUT2D eigenvalue weighted by atomic mass is 10.1. The fourth-order valence-electron chi connectivity index (χ4n) is 1.67. The van der Waals surface area contributed by atoms with Gasteiger partial charge in [0.25, 0.3) is 0 Å². The fourth-order valence-corrected chi connectivity index (χ4v) is 1.67. The van der Waals surface area contributed by atoms with E-state index in [0.29, 0.717) is 5.56 Å². The van der Waals surface area contributed by atoms with Gasteiger partial charge in [-0.3, -0.25) is 0 Å². The number of rotatable bonds is 3. The van der Waals surface area contributed by atoms with Crippen LogP contribution < -0.4 is 5.32 Å². The van der Waals surface area contributed by atoms with Gasteiger partial charge < -0.3 is 5.32 Å². The first-order valence-electron chi connectivity index (χ1n) is 5.53. The van der Waals surface area contributed by atoms with Crippen LogP contribution in [-0.2, 0) is 0 Å². The summed E-state index contributed by atoms with van der Waals surface area (Å²) in [4.78, 5) is 8.27. The molecule has 1 heterocycles. The number of aromatic nitrogens is 2. The Labute approximate surface area is 99.7 Å². The third-order valence-electron chi connectivity index (χ3n) is 2.57. The highest BCUT2D eigenvalue weighted by atomic mass is 19.1. The Morgan fingerprint density at radius 3 is 2.88 bits per heavy atom. The zero-order valence-electron chi connectivity index (χ0n) is 9.87. The molecule has 0 spiro atoms. The van der Waals surface area contributed by atoms with Gasteiger partial charge >= 0.3 is 0 Å². The number of anilines is 1. The minimum atomic E-state index is -0.217. The Hall–Kier alpha value is -1.97. The van der Waals surface area contributed by atoms with Crippen molar-refractivity contribution in [3.8, 4) is 11.3 Å². The molecule has 1 aromatic carbocycles. The van der Waals surface area contributed by atoms with Gasteiger partial charge in [0.1, 0.15) is 18.0 Å². The van der Waals surface area contributed by atoms with Gasteiger partial charge in [0.2, 0.25) is 0 Å². The standard InChI is InChI=1S/C13H14FN3/c1-3-15-13-7-12(16-8-17-13)10-5-4-6-11(14)9(10)2/h4-8H,3H2,1-2H3,(H,15,16,17). The summed E-state index contributed by atoms with van der Waals surface area (Å²) in [5.74, 6) is 0.535. The van der Waals surface area contributed by atoms with Crippen molar-refractivity contribution in [2.45, 2.75) is 13.8 Å². The quantitative estimate of drug-likeness (QED) is 0.882. The monoisotopic (exact) mass is 231 g/mol. The van der Waals surface area contributed by atoms with Crippen molar-refractivity contribution < 1.29 is 4.39 Å². The third-order valence-corrected chi connectivity index (χ3v) is 2.57. The van der Waals surface area contributed by atoms with E-state index in [4.69, 9.17) is 0 Å². The van der Waals surface area contributed by atoms with Crippen LogP contribution in [0, 0.1) is 12.7 Å². The number of nitrogens with one attached hydrogen (secondary N) is 1. The second-order valence-electron chi connectivity index (χ2n) is 3.73. The van der Waals surface area contributed by atoms with E-state index in [1.54, 1.807) is 13.0 Å². The van der Waals surface area contributed by atoms with Gasteiger partial charge in [-0.15, -0.1) is 0 Å². The molecule has 0 saturated heterocycles.